The van der Waals surface area contributed by atoms with E-state index in [1.807, 2.05) is 0 Å². The Kier molecular flexibility index (Phi) is 3.69. The first-order valence-corrected chi connectivity index (χ1v) is 5.12. The maximum atomic E-state index is 11.3. The Morgan fingerprint density at radius 1 is 0.889 bits per heavy atom. The van der Waals surface area contributed by atoms with E-state index >= 15 is 0 Å². The van der Waals surface area contributed by atoms with E-state index in [-0.39, 0.29) is 12.8 Å². The summed E-state index contributed by atoms with van der Waals surface area (Å²) in [5.41, 5.74) is 0. The van der Waals surface area contributed by atoms with Crippen molar-refractivity contribution in [3.63, 3.8) is 0 Å². The highest BCUT2D eigenvalue weighted by molar-refractivity contribution is 5.77. The predicted octanol–water partition coefficient (Wildman–Crippen LogP) is -0.530. The minimum atomic E-state index is -0.546. The number of rotatable bonds is 5. The third-order valence-corrected chi connectivity index (χ3v) is 1.91. The highest BCUT2D eigenvalue weighted by Crippen LogP contribution is 1.94. The van der Waals surface area contributed by atoms with Gasteiger partial charge in [-0.3, -0.25) is 0 Å². The summed E-state index contributed by atoms with van der Waals surface area (Å²) in [4.78, 5) is 39.7. The van der Waals surface area contributed by atoms with E-state index in [1.165, 1.54) is 37.4 Å². The van der Waals surface area contributed by atoms with Gasteiger partial charge in [-0.1, -0.05) is 0 Å². The minimum Gasteiger partial charge on any atom is -0.336 e. The van der Waals surface area contributed by atoms with Crippen LogP contribution in [0.3, 0.4) is 0 Å². The molecule has 0 aliphatic rings. The predicted molar refractivity (Wildman–Crippen MR) is 56.9 cm³/mol. The van der Waals surface area contributed by atoms with Gasteiger partial charge < -0.3 is 9.68 Å². The third kappa shape index (κ3) is 3.44. The molecule has 18 heavy (non-hydrogen) atoms. The Balaban J connectivity index is 1.71. The molecule has 2 aromatic heterocycles. The fourth-order valence-electron chi connectivity index (χ4n) is 1.13. The van der Waals surface area contributed by atoms with Crippen LogP contribution in [0.15, 0.2) is 37.4 Å². The normalized spacial score (nSPS) is 10.0. The third-order valence-electron chi connectivity index (χ3n) is 1.91. The van der Waals surface area contributed by atoms with Crippen molar-refractivity contribution >= 4 is 11.9 Å². The molecule has 0 aliphatic carbocycles. The quantitative estimate of drug-likeness (QED) is 0.708. The molecule has 0 N–H and O–H groups in total. The van der Waals surface area contributed by atoms with Crippen molar-refractivity contribution in [3.05, 3.63) is 37.4 Å². The van der Waals surface area contributed by atoms with Crippen LogP contribution in [0.25, 0.3) is 0 Å². The number of carbonyl (C=O) groups excluding carboxylic acids is 2. The van der Waals surface area contributed by atoms with Crippen LogP contribution < -0.4 is 9.68 Å². The Bertz CT molecular complexity index is 458. The Morgan fingerprint density at radius 3 is 1.67 bits per heavy atom. The lowest BCUT2D eigenvalue weighted by Gasteiger charge is -2.04. The fraction of sp³-hybridized carbons (Fsp3) is 0.200. The maximum Gasteiger partial charge on any atom is 0.333 e. The zero-order valence-electron chi connectivity index (χ0n) is 9.30. The molecule has 2 heterocycles. The van der Waals surface area contributed by atoms with Crippen LogP contribution in [0.2, 0.25) is 0 Å². The van der Waals surface area contributed by atoms with Gasteiger partial charge in [0, 0.05) is 12.4 Å². The molecule has 0 spiro atoms. The van der Waals surface area contributed by atoms with E-state index in [9.17, 15) is 9.59 Å². The molecular formula is C10H10N4O4. The van der Waals surface area contributed by atoms with Crippen molar-refractivity contribution in [2.75, 3.05) is 0 Å². The highest BCUT2D eigenvalue weighted by atomic mass is 16.7. The second-order valence-electron chi connectivity index (χ2n) is 3.27. The van der Waals surface area contributed by atoms with Gasteiger partial charge in [-0.15, -0.1) is 0 Å². The van der Waals surface area contributed by atoms with Crippen molar-refractivity contribution in [1.29, 1.82) is 0 Å². The van der Waals surface area contributed by atoms with Gasteiger partial charge in [-0.25, -0.2) is 19.6 Å². The molecule has 0 saturated heterocycles. The zero-order valence-corrected chi connectivity index (χ0v) is 9.30. The summed E-state index contributed by atoms with van der Waals surface area (Å²) in [7, 11) is 0. The first kappa shape index (κ1) is 11.8. The molecule has 0 aliphatic heterocycles. The second kappa shape index (κ2) is 5.62. The largest absolute Gasteiger partial charge is 0.336 e. The molecule has 94 valence electrons. The Morgan fingerprint density at radius 2 is 1.33 bits per heavy atom. The Hall–Kier alpha value is -2.64. The van der Waals surface area contributed by atoms with Crippen LogP contribution >= 0.6 is 0 Å². The molecule has 2 rings (SSSR count). The summed E-state index contributed by atoms with van der Waals surface area (Å²) in [6.45, 7) is 0. The minimum absolute atomic E-state index is 0.0777. The highest BCUT2D eigenvalue weighted by Gasteiger charge is 2.10. The molecule has 0 aromatic carbocycles. The molecular weight excluding hydrogens is 240 g/mol. The number of aromatic nitrogens is 4. The molecule has 8 nitrogen and oxygen atoms in total. The average Bonchev–Trinajstić information content (AvgIpc) is 2.99. The molecule has 0 unspecified atom stereocenters. The van der Waals surface area contributed by atoms with Crippen LogP contribution in [-0.4, -0.2) is 31.4 Å². The zero-order chi connectivity index (χ0) is 12.8. The van der Waals surface area contributed by atoms with E-state index in [1.54, 1.807) is 0 Å². The van der Waals surface area contributed by atoms with Gasteiger partial charge in [-0.05, 0) is 0 Å². The number of hydrogen-bond donors (Lipinski definition) is 0. The van der Waals surface area contributed by atoms with Gasteiger partial charge >= 0.3 is 11.9 Å². The lowest BCUT2D eigenvalue weighted by Crippen LogP contribution is -2.22. The Labute approximate surface area is 102 Å². The first-order chi connectivity index (χ1) is 8.74. The van der Waals surface area contributed by atoms with Crippen LogP contribution in [0.5, 0.6) is 0 Å². The van der Waals surface area contributed by atoms with Gasteiger partial charge in [0.1, 0.15) is 12.7 Å². The van der Waals surface area contributed by atoms with Crippen molar-refractivity contribution in [1.82, 2.24) is 19.4 Å². The van der Waals surface area contributed by atoms with E-state index in [2.05, 4.69) is 9.97 Å². The van der Waals surface area contributed by atoms with Crippen molar-refractivity contribution in [2.45, 2.75) is 12.8 Å². The van der Waals surface area contributed by atoms with Crippen molar-refractivity contribution in [2.24, 2.45) is 0 Å². The molecule has 8 heteroatoms. The summed E-state index contributed by atoms with van der Waals surface area (Å²) < 4.78 is 2.31. The molecule has 0 atom stereocenters. The average molecular weight is 250 g/mol. The number of nitrogens with zero attached hydrogens (tertiary/aromatic N) is 4. The SMILES string of the molecule is O=C(CCC(=O)On1ccnc1)On1ccnc1. The van der Waals surface area contributed by atoms with E-state index in [0.29, 0.717) is 0 Å². The van der Waals surface area contributed by atoms with Crippen molar-refractivity contribution in [3.8, 4) is 0 Å². The van der Waals surface area contributed by atoms with Crippen LogP contribution in [0.1, 0.15) is 12.8 Å². The van der Waals surface area contributed by atoms with Gasteiger partial charge in [0.2, 0.25) is 0 Å². The second-order valence-corrected chi connectivity index (χ2v) is 3.27. The van der Waals surface area contributed by atoms with Gasteiger partial charge in [-0.2, -0.15) is 9.46 Å². The number of hydrogen-bond acceptors (Lipinski definition) is 6. The molecule has 2 aromatic rings. The molecule has 0 fully saturated rings. The van der Waals surface area contributed by atoms with Crippen LogP contribution in [-0.2, 0) is 9.59 Å². The van der Waals surface area contributed by atoms with E-state index in [0.717, 1.165) is 9.46 Å². The molecule has 0 amide bonds. The van der Waals surface area contributed by atoms with Crippen LogP contribution in [0, 0.1) is 0 Å². The van der Waals surface area contributed by atoms with Crippen LogP contribution in [0.4, 0.5) is 0 Å². The lowest BCUT2D eigenvalue weighted by atomic mass is 10.3. The number of carbonyl (C=O) groups is 2. The molecule has 0 bridgehead atoms. The summed E-state index contributed by atoms with van der Waals surface area (Å²) in [5.74, 6) is -1.09. The molecule has 0 saturated carbocycles. The summed E-state index contributed by atoms with van der Waals surface area (Å²) >= 11 is 0. The monoisotopic (exact) mass is 250 g/mol. The molecule has 0 radical (unpaired) electrons. The first-order valence-electron chi connectivity index (χ1n) is 5.12. The lowest BCUT2D eigenvalue weighted by molar-refractivity contribution is -0.150. The van der Waals surface area contributed by atoms with E-state index in [4.69, 9.17) is 9.68 Å². The van der Waals surface area contributed by atoms with Gasteiger partial charge in [0.15, 0.2) is 0 Å². The summed E-state index contributed by atoms with van der Waals surface area (Å²) in [6, 6.07) is 0. The van der Waals surface area contributed by atoms with E-state index < -0.39 is 11.9 Å². The summed E-state index contributed by atoms with van der Waals surface area (Å²) in [5, 5.41) is 0. The number of imidazole rings is 2. The summed E-state index contributed by atoms with van der Waals surface area (Å²) in [6.07, 6.45) is 8.41. The van der Waals surface area contributed by atoms with Gasteiger partial charge in [0.25, 0.3) is 0 Å². The van der Waals surface area contributed by atoms with Gasteiger partial charge in [0.05, 0.1) is 25.2 Å². The standard InChI is InChI=1S/C10H10N4O4/c15-9(17-13-5-3-11-7-13)1-2-10(16)18-14-6-4-12-8-14/h3-8H,1-2H2. The smallest absolute Gasteiger partial charge is 0.333 e. The fourth-order valence-corrected chi connectivity index (χ4v) is 1.13. The van der Waals surface area contributed by atoms with Crippen molar-refractivity contribution < 1.29 is 19.3 Å². The maximum absolute atomic E-state index is 11.3. The topological polar surface area (TPSA) is 88.2 Å².